The summed E-state index contributed by atoms with van der Waals surface area (Å²) in [6.45, 7) is 3.92. The van der Waals surface area contributed by atoms with Crippen molar-refractivity contribution in [3.63, 3.8) is 0 Å². The van der Waals surface area contributed by atoms with Crippen LogP contribution in [0.5, 0.6) is 0 Å². The molecule has 0 aliphatic heterocycles. The van der Waals surface area contributed by atoms with Gasteiger partial charge in [-0.3, -0.25) is 4.79 Å². The molecule has 17 heavy (non-hydrogen) atoms. The summed E-state index contributed by atoms with van der Waals surface area (Å²) in [5.74, 6) is 0.154. The van der Waals surface area contributed by atoms with Crippen LogP contribution in [0.1, 0.15) is 28.6 Å². The molecule has 1 saturated carbocycles. The Morgan fingerprint density at radius 1 is 1.53 bits per heavy atom. The minimum atomic E-state index is -0.401. The molecule has 1 aliphatic carbocycles. The minimum absolute atomic E-state index is 0.00385. The number of carbonyl (C=O) groups excluding carboxylic acids is 2. The van der Waals surface area contributed by atoms with Crippen molar-refractivity contribution in [2.45, 2.75) is 20.3 Å². The Kier molecular flexibility index (Phi) is 3.19. The van der Waals surface area contributed by atoms with Crippen molar-refractivity contribution >= 4 is 28.9 Å². The fourth-order valence-electron chi connectivity index (χ4n) is 1.75. The molecule has 1 heterocycles. The van der Waals surface area contributed by atoms with Crippen molar-refractivity contribution in [2.24, 2.45) is 11.8 Å². The van der Waals surface area contributed by atoms with Gasteiger partial charge in [-0.15, -0.1) is 11.3 Å². The highest BCUT2D eigenvalue weighted by Gasteiger charge is 2.39. The maximum Gasteiger partial charge on any atom is 0.350 e. The van der Waals surface area contributed by atoms with Gasteiger partial charge >= 0.3 is 5.97 Å². The summed E-state index contributed by atoms with van der Waals surface area (Å²) in [5, 5.41) is 4.68. The Hall–Kier alpha value is -1.36. The van der Waals surface area contributed by atoms with Crippen molar-refractivity contribution in [1.82, 2.24) is 0 Å². The van der Waals surface area contributed by atoms with Crippen LogP contribution < -0.4 is 5.32 Å². The van der Waals surface area contributed by atoms with Crippen LogP contribution in [0.25, 0.3) is 0 Å². The van der Waals surface area contributed by atoms with Crippen LogP contribution >= 0.6 is 11.3 Å². The molecule has 2 atom stereocenters. The maximum atomic E-state index is 11.8. The Balaban J connectivity index is 2.17. The first-order valence-corrected chi connectivity index (χ1v) is 6.39. The van der Waals surface area contributed by atoms with Gasteiger partial charge in [0.1, 0.15) is 4.88 Å². The van der Waals surface area contributed by atoms with Gasteiger partial charge in [-0.05, 0) is 30.2 Å². The van der Waals surface area contributed by atoms with Crippen LogP contribution in [-0.4, -0.2) is 19.0 Å². The summed E-state index contributed by atoms with van der Waals surface area (Å²) in [5.41, 5.74) is 1.50. The Morgan fingerprint density at radius 2 is 2.18 bits per heavy atom. The van der Waals surface area contributed by atoms with Gasteiger partial charge in [-0.2, -0.15) is 0 Å². The summed E-state index contributed by atoms with van der Waals surface area (Å²) in [4.78, 5) is 23.8. The predicted molar refractivity (Wildman–Crippen MR) is 66.3 cm³/mol. The van der Waals surface area contributed by atoms with Crippen LogP contribution in [0.15, 0.2) is 5.38 Å². The van der Waals surface area contributed by atoms with E-state index in [0.29, 0.717) is 16.5 Å². The average Bonchev–Trinajstić information content (AvgIpc) is 2.93. The number of amides is 1. The first-order chi connectivity index (χ1) is 8.04. The van der Waals surface area contributed by atoms with E-state index in [9.17, 15) is 9.59 Å². The molecule has 0 aromatic carbocycles. The molecule has 1 aromatic heterocycles. The van der Waals surface area contributed by atoms with Crippen molar-refractivity contribution in [1.29, 1.82) is 0 Å². The lowest BCUT2D eigenvalue weighted by atomic mass is 10.2. The molecule has 0 spiro atoms. The van der Waals surface area contributed by atoms with E-state index in [1.165, 1.54) is 18.4 Å². The Bertz CT molecular complexity index is 466. The number of aryl methyl sites for hydroxylation is 1. The second-order valence-corrected chi connectivity index (χ2v) is 5.30. The largest absolute Gasteiger partial charge is 0.465 e. The zero-order chi connectivity index (χ0) is 12.6. The molecule has 1 aromatic rings. The standard InChI is InChI=1S/C12H15NO3S/c1-6-4-8(6)11(14)13-9-7(2)5-17-10(9)12(15)16-3/h5-6,8H,4H2,1-3H3,(H,13,14). The van der Waals surface area contributed by atoms with Crippen molar-refractivity contribution < 1.29 is 14.3 Å². The lowest BCUT2D eigenvalue weighted by molar-refractivity contribution is -0.117. The highest BCUT2D eigenvalue weighted by atomic mass is 32.1. The summed E-state index contributed by atoms with van der Waals surface area (Å²) in [6, 6.07) is 0. The maximum absolute atomic E-state index is 11.8. The molecular formula is C12H15NO3S. The quantitative estimate of drug-likeness (QED) is 0.842. The van der Waals surface area contributed by atoms with E-state index in [1.54, 1.807) is 0 Å². The van der Waals surface area contributed by atoms with E-state index >= 15 is 0 Å². The van der Waals surface area contributed by atoms with Crippen LogP contribution in [0.3, 0.4) is 0 Å². The van der Waals surface area contributed by atoms with Gasteiger partial charge in [0.25, 0.3) is 0 Å². The topological polar surface area (TPSA) is 55.4 Å². The molecule has 1 fully saturated rings. The van der Waals surface area contributed by atoms with Gasteiger partial charge in [0.15, 0.2) is 0 Å². The first-order valence-electron chi connectivity index (χ1n) is 5.51. The minimum Gasteiger partial charge on any atom is -0.465 e. The van der Waals surface area contributed by atoms with E-state index in [1.807, 2.05) is 19.2 Å². The third-order valence-corrected chi connectivity index (χ3v) is 4.12. The first kappa shape index (κ1) is 12.1. The van der Waals surface area contributed by atoms with Gasteiger partial charge in [0.05, 0.1) is 12.8 Å². The highest BCUT2D eigenvalue weighted by Crippen LogP contribution is 2.39. The number of carbonyl (C=O) groups is 2. The van der Waals surface area contributed by atoms with E-state index in [-0.39, 0.29) is 11.8 Å². The van der Waals surface area contributed by atoms with Gasteiger partial charge in [-0.1, -0.05) is 6.92 Å². The number of esters is 1. The second kappa shape index (κ2) is 4.49. The normalized spacial score (nSPS) is 22.1. The van der Waals surface area contributed by atoms with Gasteiger partial charge in [-0.25, -0.2) is 4.79 Å². The van der Waals surface area contributed by atoms with Gasteiger partial charge in [0, 0.05) is 5.92 Å². The molecule has 92 valence electrons. The number of hydrogen-bond acceptors (Lipinski definition) is 4. The monoisotopic (exact) mass is 253 g/mol. The van der Waals surface area contributed by atoms with Crippen molar-refractivity contribution in [2.75, 3.05) is 12.4 Å². The lowest BCUT2D eigenvalue weighted by Gasteiger charge is -2.06. The Labute approximate surface area is 104 Å². The number of anilines is 1. The summed E-state index contributed by atoms with van der Waals surface area (Å²) in [7, 11) is 1.34. The third kappa shape index (κ3) is 2.34. The molecule has 1 amide bonds. The molecule has 4 nitrogen and oxygen atoms in total. The van der Waals surface area contributed by atoms with Crippen LogP contribution in [0.4, 0.5) is 5.69 Å². The van der Waals surface area contributed by atoms with Gasteiger partial charge < -0.3 is 10.1 Å². The SMILES string of the molecule is COC(=O)c1scc(C)c1NC(=O)C1CC1C. The number of methoxy groups -OCH3 is 1. The molecule has 2 unspecified atom stereocenters. The van der Waals surface area contributed by atoms with Gasteiger partial charge in [0.2, 0.25) is 5.91 Å². The number of rotatable bonds is 3. The molecule has 0 radical (unpaired) electrons. The second-order valence-electron chi connectivity index (χ2n) is 4.42. The molecule has 1 N–H and O–H groups in total. The molecule has 2 rings (SSSR count). The number of hydrogen-bond donors (Lipinski definition) is 1. The fourth-order valence-corrected chi connectivity index (χ4v) is 2.67. The Morgan fingerprint density at radius 3 is 2.71 bits per heavy atom. The fraction of sp³-hybridized carbons (Fsp3) is 0.500. The van der Waals surface area contributed by atoms with E-state index in [2.05, 4.69) is 10.1 Å². The number of ether oxygens (including phenoxy) is 1. The molecule has 1 aliphatic rings. The van der Waals surface area contributed by atoms with E-state index in [0.717, 1.165) is 12.0 Å². The zero-order valence-corrected chi connectivity index (χ0v) is 10.9. The summed E-state index contributed by atoms with van der Waals surface area (Å²) in [6.07, 6.45) is 0.933. The predicted octanol–water partition coefficient (Wildman–Crippen LogP) is 2.44. The average molecular weight is 253 g/mol. The van der Waals surface area contributed by atoms with Crippen LogP contribution in [0.2, 0.25) is 0 Å². The molecule has 0 saturated heterocycles. The lowest BCUT2D eigenvalue weighted by Crippen LogP contribution is -2.16. The third-order valence-electron chi connectivity index (χ3n) is 3.04. The van der Waals surface area contributed by atoms with Crippen LogP contribution in [-0.2, 0) is 9.53 Å². The van der Waals surface area contributed by atoms with Crippen molar-refractivity contribution in [3.05, 3.63) is 15.8 Å². The molecule has 0 bridgehead atoms. The summed E-state index contributed by atoms with van der Waals surface area (Å²) >= 11 is 1.29. The smallest absolute Gasteiger partial charge is 0.350 e. The van der Waals surface area contributed by atoms with E-state index in [4.69, 9.17) is 0 Å². The van der Waals surface area contributed by atoms with E-state index < -0.39 is 5.97 Å². The molecule has 5 heteroatoms. The summed E-state index contributed by atoms with van der Waals surface area (Å²) < 4.78 is 4.69. The van der Waals surface area contributed by atoms with Crippen LogP contribution in [0, 0.1) is 18.8 Å². The van der Waals surface area contributed by atoms with Crippen molar-refractivity contribution in [3.8, 4) is 0 Å². The highest BCUT2D eigenvalue weighted by molar-refractivity contribution is 7.12. The number of nitrogens with one attached hydrogen (secondary N) is 1. The zero-order valence-electron chi connectivity index (χ0n) is 10.1. The number of thiophene rings is 1. The molecular weight excluding hydrogens is 238 g/mol.